The second-order valence-electron chi connectivity index (χ2n) is 7.88. The van der Waals surface area contributed by atoms with Crippen molar-refractivity contribution >= 4 is 23.0 Å². The number of rotatable bonds is 8. The van der Waals surface area contributed by atoms with Crippen LogP contribution < -0.4 is 15.4 Å². The third-order valence-electron chi connectivity index (χ3n) is 5.54. The molecule has 1 fully saturated rings. The zero-order valence-electron chi connectivity index (χ0n) is 17.9. The maximum absolute atomic E-state index is 5.89. The van der Waals surface area contributed by atoms with Gasteiger partial charge in [-0.2, -0.15) is 0 Å². The number of thiophene rings is 1. The number of hydrogen-bond donors (Lipinski definition) is 2. The van der Waals surface area contributed by atoms with Crippen LogP contribution in [0.2, 0.25) is 0 Å². The maximum atomic E-state index is 5.89. The molecule has 1 atom stereocenters. The predicted molar refractivity (Wildman–Crippen MR) is 126 cm³/mol. The highest BCUT2D eigenvalue weighted by molar-refractivity contribution is 7.18. The summed E-state index contributed by atoms with van der Waals surface area (Å²) in [7, 11) is 0. The van der Waals surface area contributed by atoms with Crippen molar-refractivity contribution in [2.45, 2.75) is 32.2 Å². The van der Waals surface area contributed by atoms with E-state index in [2.05, 4.69) is 32.9 Å². The minimum absolute atomic E-state index is 0.562. The van der Waals surface area contributed by atoms with Crippen molar-refractivity contribution in [2.24, 2.45) is 0 Å². The summed E-state index contributed by atoms with van der Waals surface area (Å²) in [6.07, 6.45) is 8.77. The molecule has 0 saturated carbocycles. The highest BCUT2D eigenvalue weighted by atomic mass is 32.1. The zero-order chi connectivity index (χ0) is 21.8. The smallest absolute Gasteiger partial charge is 0.227 e. The molecule has 0 radical (unpaired) electrons. The molecule has 164 valence electrons. The van der Waals surface area contributed by atoms with Gasteiger partial charge < -0.3 is 19.9 Å². The van der Waals surface area contributed by atoms with E-state index in [9.17, 15) is 0 Å². The van der Waals surface area contributed by atoms with Crippen molar-refractivity contribution in [3.05, 3.63) is 60.6 Å². The van der Waals surface area contributed by atoms with Gasteiger partial charge >= 0.3 is 0 Å². The molecule has 1 aliphatic rings. The van der Waals surface area contributed by atoms with Crippen LogP contribution in [0.4, 0.5) is 11.6 Å². The van der Waals surface area contributed by atoms with Gasteiger partial charge in [0.25, 0.3) is 0 Å². The fraction of sp³-hybridized carbons (Fsp3) is 0.292. The third-order valence-corrected chi connectivity index (χ3v) is 6.68. The van der Waals surface area contributed by atoms with Gasteiger partial charge in [-0.3, -0.25) is 0 Å². The monoisotopic (exact) mass is 447 g/mol. The van der Waals surface area contributed by atoms with E-state index >= 15 is 0 Å². The first kappa shape index (κ1) is 20.7. The normalized spacial score (nSPS) is 15.7. The van der Waals surface area contributed by atoms with Gasteiger partial charge in [-0.05, 0) is 74.7 Å². The van der Waals surface area contributed by atoms with Gasteiger partial charge in [0.2, 0.25) is 5.95 Å². The lowest BCUT2D eigenvalue weighted by molar-refractivity contribution is 0.292. The van der Waals surface area contributed by atoms with Crippen LogP contribution in [0.15, 0.2) is 59.6 Å². The summed E-state index contributed by atoms with van der Waals surface area (Å²) in [4.78, 5) is 11.4. The molecule has 32 heavy (non-hydrogen) atoms. The summed E-state index contributed by atoms with van der Waals surface area (Å²) in [5, 5.41) is 10.6. The lowest BCUT2D eigenvalue weighted by Gasteiger charge is -2.12. The Morgan fingerprint density at radius 1 is 1.16 bits per heavy atom. The first-order valence-electron chi connectivity index (χ1n) is 10.8. The van der Waals surface area contributed by atoms with Gasteiger partial charge in [0.05, 0.1) is 28.9 Å². The Morgan fingerprint density at radius 3 is 2.81 bits per heavy atom. The molecule has 0 amide bonds. The first-order valence-corrected chi connectivity index (χ1v) is 11.6. The average molecular weight is 448 g/mol. The molecule has 2 N–H and O–H groups in total. The number of hydrogen-bond acceptors (Lipinski definition) is 8. The molecule has 4 aromatic rings. The minimum atomic E-state index is 0.562. The van der Waals surface area contributed by atoms with Gasteiger partial charge in [0.15, 0.2) is 0 Å². The fourth-order valence-corrected chi connectivity index (χ4v) is 4.82. The van der Waals surface area contributed by atoms with Crippen LogP contribution in [0.1, 0.15) is 24.8 Å². The summed E-state index contributed by atoms with van der Waals surface area (Å²) in [5.41, 5.74) is 3.82. The third kappa shape index (κ3) is 4.81. The first-order chi connectivity index (χ1) is 15.7. The van der Waals surface area contributed by atoms with Crippen LogP contribution in [0, 0.1) is 6.92 Å². The van der Waals surface area contributed by atoms with Crippen LogP contribution in [-0.4, -0.2) is 34.3 Å². The molecule has 8 heteroatoms. The van der Waals surface area contributed by atoms with Gasteiger partial charge in [-0.25, -0.2) is 9.97 Å². The Balaban J connectivity index is 1.24. The molecule has 3 aromatic heterocycles. The van der Waals surface area contributed by atoms with Crippen LogP contribution in [0.5, 0.6) is 5.75 Å². The van der Waals surface area contributed by atoms with E-state index in [0.717, 1.165) is 57.6 Å². The predicted octanol–water partition coefficient (Wildman–Crippen LogP) is 5.43. The van der Waals surface area contributed by atoms with E-state index in [1.54, 1.807) is 23.8 Å². The topological polar surface area (TPSA) is 85.1 Å². The quantitative estimate of drug-likeness (QED) is 0.372. The second kappa shape index (κ2) is 9.50. The van der Waals surface area contributed by atoms with Crippen LogP contribution >= 0.6 is 11.3 Å². The molecule has 4 heterocycles. The minimum Gasteiger partial charge on any atom is -0.494 e. The Bertz CT molecular complexity index is 1150. The molecular weight excluding hydrogens is 422 g/mol. The number of benzene rings is 1. The van der Waals surface area contributed by atoms with Crippen molar-refractivity contribution in [3.8, 4) is 26.8 Å². The number of ether oxygens (including phenoxy) is 1. The molecule has 0 aliphatic carbocycles. The van der Waals surface area contributed by atoms with Gasteiger partial charge in [0, 0.05) is 22.8 Å². The summed E-state index contributed by atoms with van der Waals surface area (Å²) >= 11 is 1.65. The van der Waals surface area contributed by atoms with Crippen molar-refractivity contribution in [3.63, 3.8) is 0 Å². The largest absolute Gasteiger partial charge is 0.494 e. The molecular formula is C24H25N5O2S. The van der Waals surface area contributed by atoms with Crippen molar-refractivity contribution in [1.29, 1.82) is 0 Å². The van der Waals surface area contributed by atoms with E-state index in [1.165, 1.54) is 12.8 Å². The van der Waals surface area contributed by atoms with Crippen LogP contribution in [0.3, 0.4) is 0 Å². The lowest BCUT2D eigenvalue weighted by Crippen LogP contribution is -2.23. The molecule has 7 nitrogen and oxygen atoms in total. The van der Waals surface area contributed by atoms with Crippen molar-refractivity contribution in [2.75, 3.05) is 18.5 Å². The number of nitrogens with zero attached hydrogens (tertiary/aromatic N) is 3. The van der Waals surface area contributed by atoms with E-state index in [0.29, 0.717) is 12.0 Å². The number of anilines is 2. The van der Waals surface area contributed by atoms with Crippen molar-refractivity contribution < 1.29 is 9.26 Å². The number of aryl methyl sites for hydroxylation is 1. The SMILES string of the molecule is Cc1cnc(Nc2ccc(OCCC3CCCN3)cc2)nc1-c1ccc(-c2cnoc2)s1. The number of aromatic nitrogens is 3. The van der Waals surface area contributed by atoms with Gasteiger partial charge in [-0.1, -0.05) is 5.16 Å². The van der Waals surface area contributed by atoms with Gasteiger partial charge in [-0.15, -0.1) is 11.3 Å². The van der Waals surface area contributed by atoms with Gasteiger partial charge in [0.1, 0.15) is 12.0 Å². The standard InChI is InChI=1S/C24H25N5O2S/c1-16-13-26-24(29-23(16)22-9-8-21(32-22)17-14-27-31-15-17)28-19-4-6-20(7-5-19)30-12-10-18-3-2-11-25-18/h4-9,13-15,18,25H,2-3,10-12H2,1H3,(H,26,28,29). The summed E-state index contributed by atoms with van der Waals surface area (Å²) in [6.45, 7) is 3.88. The molecule has 5 rings (SSSR count). The molecule has 0 spiro atoms. The number of nitrogens with one attached hydrogen (secondary N) is 2. The summed E-state index contributed by atoms with van der Waals surface area (Å²) in [5.74, 6) is 1.44. The Labute approximate surface area is 190 Å². The van der Waals surface area contributed by atoms with E-state index in [-0.39, 0.29) is 0 Å². The van der Waals surface area contributed by atoms with Crippen molar-refractivity contribution in [1.82, 2.24) is 20.4 Å². The Hall–Kier alpha value is -3.23. The summed E-state index contributed by atoms with van der Waals surface area (Å²) in [6, 6.07) is 12.7. The molecule has 0 bridgehead atoms. The van der Waals surface area contributed by atoms with Crippen LogP contribution in [0.25, 0.3) is 21.0 Å². The molecule has 1 aromatic carbocycles. The highest BCUT2D eigenvalue weighted by Crippen LogP contribution is 2.35. The summed E-state index contributed by atoms with van der Waals surface area (Å²) < 4.78 is 10.8. The lowest BCUT2D eigenvalue weighted by atomic mass is 10.2. The maximum Gasteiger partial charge on any atom is 0.227 e. The highest BCUT2D eigenvalue weighted by Gasteiger charge is 2.14. The molecule has 1 saturated heterocycles. The Morgan fingerprint density at radius 2 is 2.03 bits per heavy atom. The molecule has 1 aliphatic heterocycles. The van der Waals surface area contributed by atoms with E-state index in [4.69, 9.17) is 14.2 Å². The molecule has 1 unspecified atom stereocenters. The second-order valence-corrected chi connectivity index (χ2v) is 8.97. The van der Waals surface area contributed by atoms with Crippen LogP contribution in [-0.2, 0) is 0 Å². The Kier molecular flexibility index (Phi) is 6.13. The zero-order valence-corrected chi connectivity index (χ0v) is 18.7. The van der Waals surface area contributed by atoms with E-state index < -0.39 is 0 Å². The fourth-order valence-electron chi connectivity index (χ4n) is 3.78. The average Bonchev–Trinajstić information content (AvgIpc) is 3.59. The van der Waals surface area contributed by atoms with E-state index in [1.807, 2.05) is 37.4 Å².